The van der Waals surface area contributed by atoms with Crippen molar-refractivity contribution in [2.45, 2.75) is 51.1 Å². The highest BCUT2D eigenvalue weighted by Crippen LogP contribution is 2.37. The maximum atomic E-state index is 12.9. The molecule has 0 bridgehead atoms. The van der Waals surface area contributed by atoms with Gasteiger partial charge in [-0.15, -0.1) is 11.3 Å². The van der Waals surface area contributed by atoms with Crippen LogP contribution in [0.5, 0.6) is 0 Å². The quantitative estimate of drug-likeness (QED) is 0.902. The van der Waals surface area contributed by atoms with Gasteiger partial charge in [-0.05, 0) is 56.2 Å². The van der Waals surface area contributed by atoms with Gasteiger partial charge in [0.15, 0.2) is 0 Å². The average molecular weight is 278 g/mol. The summed E-state index contributed by atoms with van der Waals surface area (Å²) in [4.78, 5) is 16.5. The minimum Gasteiger partial charge on any atom is -0.334 e. The maximum absolute atomic E-state index is 12.9. The van der Waals surface area contributed by atoms with Gasteiger partial charge < -0.3 is 10.2 Å². The fourth-order valence-corrected chi connectivity index (χ4v) is 4.40. The van der Waals surface area contributed by atoms with Crippen molar-refractivity contribution in [1.29, 1.82) is 0 Å². The lowest BCUT2D eigenvalue weighted by atomic mass is 9.92. The molecule has 0 radical (unpaired) electrons. The van der Waals surface area contributed by atoms with E-state index in [9.17, 15) is 4.79 Å². The second-order valence-electron chi connectivity index (χ2n) is 5.83. The summed E-state index contributed by atoms with van der Waals surface area (Å²) >= 11 is 1.84. The number of carbonyl (C=O) groups excluding carboxylic acids is 1. The topological polar surface area (TPSA) is 32.3 Å². The fraction of sp³-hybridized carbons (Fsp3) is 0.667. The van der Waals surface area contributed by atoms with E-state index in [1.807, 2.05) is 11.3 Å². The van der Waals surface area contributed by atoms with Crippen LogP contribution < -0.4 is 5.32 Å². The largest absolute Gasteiger partial charge is 0.334 e. The summed E-state index contributed by atoms with van der Waals surface area (Å²) in [5.74, 6) is 0.300. The normalized spacial score (nSPS) is 30.4. The van der Waals surface area contributed by atoms with E-state index >= 15 is 0 Å². The van der Waals surface area contributed by atoms with Crippen LogP contribution in [-0.4, -0.2) is 29.4 Å². The lowest BCUT2D eigenvalue weighted by molar-refractivity contribution is -0.140. The molecule has 2 unspecified atom stereocenters. The summed E-state index contributed by atoms with van der Waals surface area (Å²) in [7, 11) is 0. The Kier molecular flexibility index (Phi) is 3.39. The molecule has 1 aromatic rings. The minimum absolute atomic E-state index is 0.279. The monoisotopic (exact) mass is 278 g/mol. The van der Waals surface area contributed by atoms with Gasteiger partial charge in [-0.3, -0.25) is 4.79 Å². The lowest BCUT2D eigenvalue weighted by Crippen LogP contribution is -2.55. The smallest absolute Gasteiger partial charge is 0.243 e. The van der Waals surface area contributed by atoms with Crippen molar-refractivity contribution in [2.75, 3.05) is 13.1 Å². The van der Waals surface area contributed by atoms with E-state index in [1.165, 1.54) is 10.4 Å². The Labute approximate surface area is 119 Å². The summed E-state index contributed by atoms with van der Waals surface area (Å²) in [5.41, 5.74) is 1.05. The third-order valence-electron chi connectivity index (χ3n) is 4.58. The molecule has 3 nitrogen and oxygen atoms in total. The van der Waals surface area contributed by atoms with E-state index in [0.717, 1.165) is 38.8 Å². The minimum atomic E-state index is -0.332. The number of amides is 1. The zero-order chi connectivity index (χ0) is 13.5. The van der Waals surface area contributed by atoms with Crippen molar-refractivity contribution in [3.63, 3.8) is 0 Å². The van der Waals surface area contributed by atoms with Gasteiger partial charge in [0.25, 0.3) is 0 Å². The van der Waals surface area contributed by atoms with Gasteiger partial charge in [0.1, 0.15) is 0 Å². The number of fused-ring (bicyclic) bond motifs is 1. The van der Waals surface area contributed by atoms with Crippen LogP contribution >= 0.6 is 11.3 Å². The molecule has 3 heterocycles. The molecule has 1 fully saturated rings. The number of hydrogen-bond donors (Lipinski definition) is 1. The van der Waals surface area contributed by atoms with Crippen molar-refractivity contribution in [3.05, 3.63) is 21.9 Å². The average Bonchev–Trinajstić information content (AvgIpc) is 3.05. The molecule has 0 saturated carbocycles. The highest BCUT2D eigenvalue weighted by Gasteiger charge is 2.42. The standard InChI is InChI=1S/C15H22N2OS/c1-3-12-11-6-10-19-13(11)5-9-17(12)14(18)15(2)7-4-8-16-15/h6,10,12,16H,3-5,7-9H2,1-2H3. The third kappa shape index (κ3) is 2.11. The first-order valence-electron chi connectivity index (χ1n) is 7.28. The van der Waals surface area contributed by atoms with E-state index in [-0.39, 0.29) is 11.6 Å². The summed E-state index contributed by atoms with van der Waals surface area (Å²) in [5, 5.41) is 5.57. The number of thiophene rings is 1. The molecule has 2 aliphatic rings. The van der Waals surface area contributed by atoms with Crippen molar-refractivity contribution in [3.8, 4) is 0 Å². The van der Waals surface area contributed by atoms with Crippen LogP contribution in [0.4, 0.5) is 0 Å². The molecule has 104 valence electrons. The van der Waals surface area contributed by atoms with Gasteiger partial charge in [-0.2, -0.15) is 0 Å². The second-order valence-corrected chi connectivity index (χ2v) is 6.83. The molecule has 0 aromatic carbocycles. The molecule has 1 saturated heterocycles. The van der Waals surface area contributed by atoms with Crippen LogP contribution in [0, 0.1) is 0 Å². The molecule has 0 aliphatic carbocycles. The van der Waals surface area contributed by atoms with Gasteiger partial charge in [-0.1, -0.05) is 6.92 Å². The predicted molar refractivity (Wildman–Crippen MR) is 78.4 cm³/mol. The van der Waals surface area contributed by atoms with Gasteiger partial charge >= 0.3 is 0 Å². The Morgan fingerprint density at radius 1 is 1.63 bits per heavy atom. The van der Waals surface area contributed by atoms with Gasteiger partial charge in [0.05, 0.1) is 11.6 Å². The number of nitrogens with zero attached hydrogens (tertiary/aromatic N) is 1. The van der Waals surface area contributed by atoms with Crippen LogP contribution in [0.15, 0.2) is 11.4 Å². The first-order valence-corrected chi connectivity index (χ1v) is 8.16. The van der Waals surface area contributed by atoms with E-state index in [1.54, 1.807) is 0 Å². The zero-order valence-corrected chi connectivity index (χ0v) is 12.6. The first kappa shape index (κ1) is 13.1. The van der Waals surface area contributed by atoms with Crippen LogP contribution in [0.2, 0.25) is 0 Å². The second kappa shape index (κ2) is 4.91. The van der Waals surface area contributed by atoms with Gasteiger partial charge in [0.2, 0.25) is 5.91 Å². The van der Waals surface area contributed by atoms with Crippen molar-refractivity contribution in [2.24, 2.45) is 0 Å². The summed E-state index contributed by atoms with van der Waals surface area (Å²) in [6.45, 7) is 6.10. The van der Waals surface area contributed by atoms with Crippen LogP contribution in [0.3, 0.4) is 0 Å². The van der Waals surface area contributed by atoms with Crippen LogP contribution in [0.1, 0.15) is 49.6 Å². The summed E-state index contributed by atoms with van der Waals surface area (Å²) < 4.78 is 0. The molecule has 2 aliphatic heterocycles. The molecule has 1 amide bonds. The van der Waals surface area contributed by atoms with E-state index < -0.39 is 0 Å². The zero-order valence-electron chi connectivity index (χ0n) is 11.7. The fourth-order valence-electron chi connectivity index (χ4n) is 3.47. The highest BCUT2D eigenvalue weighted by atomic mass is 32.1. The lowest BCUT2D eigenvalue weighted by Gasteiger charge is -2.40. The molecule has 1 N–H and O–H groups in total. The van der Waals surface area contributed by atoms with E-state index in [0.29, 0.717) is 5.91 Å². The van der Waals surface area contributed by atoms with Crippen LogP contribution in [-0.2, 0) is 11.2 Å². The molecular formula is C15H22N2OS. The van der Waals surface area contributed by atoms with Crippen molar-refractivity contribution >= 4 is 17.2 Å². The first-order chi connectivity index (χ1) is 9.15. The molecule has 19 heavy (non-hydrogen) atoms. The summed E-state index contributed by atoms with van der Waals surface area (Å²) in [6.07, 6.45) is 4.10. The molecule has 4 heteroatoms. The van der Waals surface area contributed by atoms with Gasteiger partial charge in [0, 0.05) is 11.4 Å². The molecular weight excluding hydrogens is 256 g/mol. The Balaban J connectivity index is 1.87. The number of nitrogens with one attached hydrogen (secondary N) is 1. The maximum Gasteiger partial charge on any atom is 0.243 e. The predicted octanol–water partition coefficient (Wildman–Crippen LogP) is 2.73. The molecule has 2 atom stereocenters. The molecule has 1 aromatic heterocycles. The number of rotatable bonds is 2. The molecule has 3 rings (SSSR count). The van der Waals surface area contributed by atoms with Crippen molar-refractivity contribution in [1.82, 2.24) is 10.2 Å². The van der Waals surface area contributed by atoms with E-state index in [4.69, 9.17) is 0 Å². The van der Waals surface area contributed by atoms with Crippen LogP contribution in [0.25, 0.3) is 0 Å². The number of hydrogen-bond acceptors (Lipinski definition) is 3. The SMILES string of the molecule is CCC1c2ccsc2CCN1C(=O)C1(C)CCCN1. The Hall–Kier alpha value is -0.870. The van der Waals surface area contributed by atoms with Gasteiger partial charge in [-0.25, -0.2) is 0 Å². The summed E-state index contributed by atoms with van der Waals surface area (Å²) in [6, 6.07) is 2.49. The molecule has 0 spiro atoms. The number of carbonyl (C=O) groups is 1. The van der Waals surface area contributed by atoms with Crippen molar-refractivity contribution < 1.29 is 4.79 Å². The Morgan fingerprint density at radius 2 is 2.47 bits per heavy atom. The Morgan fingerprint density at radius 3 is 3.16 bits per heavy atom. The Bertz CT molecular complexity index is 476. The highest BCUT2D eigenvalue weighted by molar-refractivity contribution is 7.10. The van der Waals surface area contributed by atoms with E-state index in [2.05, 4.69) is 35.5 Å². The third-order valence-corrected chi connectivity index (χ3v) is 5.58.